The number of hydrogen-bond donors (Lipinski definition) is 1. The number of hydrogen-bond acceptors (Lipinski definition) is 3. The highest BCUT2D eigenvalue weighted by Crippen LogP contribution is 2.20. The molecule has 3 nitrogen and oxygen atoms in total. The first-order valence-corrected chi connectivity index (χ1v) is 7.64. The summed E-state index contributed by atoms with van der Waals surface area (Å²) in [6.45, 7) is 5.91. The van der Waals surface area contributed by atoms with E-state index >= 15 is 0 Å². The fourth-order valence-corrected chi connectivity index (χ4v) is 3.19. The predicted octanol–water partition coefficient (Wildman–Crippen LogP) is 2.38. The van der Waals surface area contributed by atoms with Crippen LogP contribution in [0.4, 0.5) is 8.78 Å². The van der Waals surface area contributed by atoms with Crippen molar-refractivity contribution in [2.24, 2.45) is 5.73 Å². The lowest BCUT2D eigenvalue weighted by Crippen LogP contribution is -2.41. The average molecular weight is 297 g/mol. The van der Waals surface area contributed by atoms with Gasteiger partial charge in [0.2, 0.25) is 0 Å². The van der Waals surface area contributed by atoms with Crippen molar-refractivity contribution in [2.45, 2.75) is 31.8 Å². The van der Waals surface area contributed by atoms with Crippen molar-refractivity contribution >= 4 is 0 Å². The van der Waals surface area contributed by atoms with Crippen LogP contribution in [0.25, 0.3) is 0 Å². The quantitative estimate of drug-likeness (QED) is 0.875. The second-order valence-corrected chi connectivity index (χ2v) is 5.92. The van der Waals surface area contributed by atoms with Crippen LogP contribution in [-0.4, -0.2) is 49.1 Å². The summed E-state index contributed by atoms with van der Waals surface area (Å²) in [5.41, 5.74) is 6.45. The Labute approximate surface area is 125 Å². The Kier molecular flexibility index (Phi) is 5.67. The Morgan fingerprint density at radius 2 is 2.19 bits per heavy atom. The summed E-state index contributed by atoms with van der Waals surface area (Å²) in [4.78, 5) is 4.62. The number of nitrogens with zero attached hydrogens (tertiary/aromatic N) is 2. The molecule has 21 heavy (non-hydrogen) atoms. The van der Waals surface area contributed by atoms with Crippen LogP contribution in [0, 0.1) is 11.6 Å². The summed E-state index contributed by atoms with van der Waals surface area (Å²) in [5.74, 6) is -1.13. The summed E-state index contributed by atoms with van der Waals surface area (Å²) in [5, 5.41) is 0. The van der Waals surface area contributed by atoms with E-state index in [4.69, 9.17) is 5.73 Å². The van der Waals surface area contributed by atoms with Crippen LogP contribution < -0.4 is 5.73 Å². The normalized spacial score (nSPS) is 21.1. The van der Waals surface area contributed by atoms with E-state index in [1.54, 1.807) is 0 Å². The van der Waals surface area contributed by atoms with Gasteiger partial charge in [-0.25, -0.2) is 8.78 Å². The molecule has 1 aliphatic rings. The van der Waals surface area contributed by atoms with Crippen molar-refractivity contribution in [3.05, 3.63) is 35.4 Å². The number of halogens is 2. The molecular weight excluding hydrogens is 272 g/mol. The van der Waals surface area contributed by atoms with E-state index < -0.39 is 17.7 Å². The van der Waals surface area contributed by atoms with Crippen molar-refractivity contribution < 1.29 is 8.78 Å². The third kappa shape index (κ3) is 4.22. The average Bonchev–Trinajstić information content (AvgIpc) is 2.85. The zero-order valence-corrected chi connectivity index (χ0v) is 12.9. The maximum Gasteiger partial charge on any atom is 0.130 e. The number of nitrogens with two attached hydrogens (primary N) is 1. The zero-order valence-electron chi connectivity index (χ0n) is 12.9. The van der Waals surface area contributed by atoms with Crippen LogP contribution in [0.1, 0.15) is 31.4 Å². The highest BCUT2D eigenvalue weighted by molar-refractivity contribution is 5.22. The van der Waals surface area contributed by atoms with Crippen LogP contribution in [0.3, 0.4) is 0 Å². The summed E-state index contributed by atoms with van der Waals surface area (Å²) in [7, 11) is 2.01. The van der Waals surface area contributed by atoms with Crippen LogP contribution in [0.5, 0.6) is 0 Å². The first-order valence-electron chi connectivity index (χ1n) is 7.64. The molecule has 1 heterocycles. The lowest BCUT2D eigenvalue weighted by molar-refractivity contribution is 0.193. The molecule has 0 amide bonds. The summed E-state index contributed by atoms with van der Waals surface area (Å²) in [6, 6.07) is 3.72. The molecular formula is C16H25F2N3. The fraction of sp³-hybridized carbons (Fsp3) is 0.625. The molecule has 2 atom stereocenters. The monoisotopic (exact) mass is 297 g/mol. The molecule has 1 aliphatic heterocycles. The summed E-state index contributed by atoms with van der Waals surface area (Å²) in [6.07, 6.45) is 2.45. The first-order chi connectivity index (χ1) is 10.0. The molecule has 1 aromatic carbocycles. The van der Waals surface area contributed by atoms with Gasteiger partial charge >= 0.3 is 0 Å². The molecule has 0 aromatic heterocycles. The Balaban J connectivity index is 1.91. The van der Waals surface area contributed by atoms with E-state index in [-0.39, 0.29) is 0 Å². The zero-order chi connectivity index (χ0) is 15.4. The molecule has 0 radical (unpaired) electrons. The van der Waals surface area contributed by atoms with Gasteiger partial charge in [-0.1, -0.05) is 13.0 Å². The third-order valence-corrected chi connectivity index (χ3v) is 4.30. The third-order valence-electron chi connectivity index (χ3n) is 4.30. The van der Waals surface area contributed by atoms with E-state index in [0.717, 1.165) is 25.7 Å². The topological polar surface area (TPSA) is 32.5 Å². The first kappa shape index (κ1) is 16.3. The van der Waals surface area contributed by atoms with E-state index in [2.05, 4.69) is 16.7 Å². The van der Waals surface area contributed by atoms with Gasteiger partial charge in [0.15, 0.2) is 0 Å². The molecule has 0 aliphatic carbocycles. The lowest BCUT2D eigenvalue weighted by atomic mass is 10.1. The largest absolute Gasteiger partial charge is 0.323 e. The van der Waals surface area contributed by atoms with Gasteiger partial charge in [-0.2, -0.15) is 0 Å². The van der Waals surface area contributed by atoms with Crippen molar-refractivity contribution in [1.82, 2.24) is 9.80 Å². The van der Waals surface area contributed by atoms with Gasteiger partial charge in [0.05, 0.1) is 0 Å². The highest BCUT2D eigenvalue weighted by atomic mass is 19.1. The molecule has 0 saturated carbocycles. The Morgan fingerprint density at radius 1 is 1.43 bits per heavy atom. The second-order valence-electron chi connectivity index (χ2n) is 5.92. The van der Waals surface area contributed by atoms with Gasteiger partial charge in [0.1, 0.15) is 11.6 Å². The maximum atomic E-state index is 13.7. The van der Waals surface area contributed by atoms with Crippen molar-refractivity contribution in [3.8, 4) is 0 Å². The van der Waals surface area contributed by atoms with Gasteiger partial charge in [-0.3, -0.25) is 4.90 Å². The standard InChI is InChI=1S/C16H25F2N3/c1-3-21-8-4-5-13(21)10-20(2)11-16(19)14-7-6-12(17)9-15(14)18/h6-7,9,13,16H,3-5,8,10-11,19H2,1-2H3. The summed E-state index contributed by atoms with van der Waals surface area (Å²) >= 11 is 0. The minimum absolute atomic E-state index is 0.377. The van der Waals surface area contributed by atoms with Crippen molar-refractivity contribution in [1.29, 1.82) is 0 Å². The molecule has 1 saturated heterocycles. The number of likely N-dealkylation sites (N-methyl/N-ethyl adjacent to an activating group) is 2. The van der Waals surface area contributed by atoms with Gasteiger partial charge in [-0.15, -0.1) is 0 Å². The lowest BCUT2D eigenvalue weighted by Gasteiger charge is -2.29. The van der Waals surface area contributed by atoms with E-state index in [1.165, 1.54) is 25.0 Å². The second kappa shape index (κ2) is 7.29. The molecule has 2 rings (SSSR count). The van der Waals surface area contributed by atoms with E-state index in [1.807, 2.05) is 7.05 Å². The van der Waals surface area contributed by atoms with Crippen LogP contribution >= 0.6 is 0 Å². The van der Waals surface area contributed by atoms with Gasteiger partial charge < -0.3 is 10.6 Å². The van der Waals surface area contributed by atoms with Crippen LogP contribution in [0.15, 0.2) is 18.2 Å². The van der Waals surface area contributed by atoms with Crippen LogP contribution in [-0.2, 0) is 0 Å². The Bertz CT molecular complexity index is 467. The smallest absolute Gasteiger partial charge is 0.130 e. The maximum absolute atomic E-state index is 13.7. The SMILES string of the molecule is CCN1CCCC1CN(C)CC(N)c1ccc(F)cc1F. The number of benzene rings is 1. The summed E-state index contributed by atoms with van der Waals surface area (Å²) < 4.78 is 26.7. The predicted molar refractivity (Wildman–Crippen MR) is 81.1 cm³/mol. The van der Waals surface area contributed by atoms with Gasteiger partial charge in [0.25, 0.3) is 0 Å². The minimum Gasteiger partial charge on any atom is -0.323 e. The molecule has 118 valence electrons. The van der Waals surface area contributed by atoms with Crippen molar-refractivity contribution in [3.63, 3.8) is 0 Å². The van der Waals surface area contributed by atoms with E-state index in [9.17, 15) is 8.78 Å². The Morgan fingerprint density at radius 3 is 2.86 bits per heavy atom. The molecule has 0 spiro atoms. The van der Waals surface area contributed by atoms with Gasteiger partial charge in [0, 0.05) is 36.8 Å². The van der Waals surface area contributed by atoms with E-state index in [0.29, 0.717) is 18.2 Å². The molecule has 2 unspecified atom stereocenters. The Hall–Kier alpha value is -1.04. The fourth-order valence-electron chi connectivity index (χ4n) is 3.19. The van der Waals surface area contributed by atoms with Crippen molar-refractivity contribution in [2.75, 3.05) is 33.2 Å². The molecule has 0 bridgehead atoms. The molecule has 5 heteroatoms. The number of likely N-dealkylation sites (tertiary alicyclic amines) is 1. The highest BCUT2D eigenvalue weighted by Gasteiger charge is 2.24. The van der Waals surface area contributed by atoms with Crippen LogP contribution in [0.2, 0.25) is 0 Å². The minimum atomic E-state index is -0.568. The number of rotatable bonds is 6. The van der Waals surface area contributed by atoms with Gasteiger partial charge in [-0.05, 0) is 39.0 Å². The molecule has 1 aromatic rings. The molecule has 1 fully saturated rings. The molecule has 2 N–H and O–H groups in total.